The van der Waals surface area contributed by atoms with Gasteiger partial charge in [-0.3, -0.25) is 4.79 Å². The first kappa shape index (κ1) is 20.1. The Morgan fingerprint density at radius 3 is 2.70 bits per heavy atom. The summed E-state index contributed by atoms with van der Waals surface area (Å²) in [4.78, 5) is 13.1. The number of nitrogens with one attached hydrogen (secondary N) is 1. The Morgan fingerprint density at radius 2 is 1.97 bits per heavy atom. The van der Waals surface area contributed by atoms with E-state index >= 15 is 0 Å². The standard InChI is InChI=1S/C24H27NO5/c1-14(15-10-16-13-24(2,3)30-22(16)21(11-15)28-5)25-23(26)19-8-9-29-20-12-17(27-4)6-7-18(19)20/h6-8,10-12,14H,9,13H2,1-5H3,(H,25,26). The molecule has 0 aromatic heterocycles. The van der Waals surface area contributed by atoms with Crippen LogP contribution < -0.4 is 24.3 Å². The lowest BCUT2D eigenvalue weighted by atomic mass is 9.97. The second-order valence-electron chi connectivity index (χ2n) is 8.24. The van der Waals surface area contributed by atoms with Crippen molar-refractivity contribution in [3.8, 4) is 23.0 Å². The molecule has 1 atom stereocenters. The number of hydrogen-bond donors (Lipinski definition) is 1. The minimum atomic E-state index is -0.265. The summed E-state index contributed by atoms with van der Waals surface area (Å²) < 4.78 is 22.5. The largest absolute Gasteiger partial charge is 0.497 e. The summed E-state index contributed by atoms with van der Waals surface area (Å²) in [5.41, 5.74) is 3.16. The molecule has 0 saturated heterocycles. The summed E-state index contributed by atoms with van der Waals surface area (Å²) in [7, 11) is 3.24. The Balaban J connectivity index is 1.56. The fraction of sp³-hybridized carbons (Fsp3) is 0.375. The highest BCUT2D eigenvalue weighted by Crippen LogP contribution is 2.43. The Hall–Kier alpha value is -3.15. The summed E-state index contributed by atoms with van der Waals surface area (Å²) in [6, 6.07) is 9.29. The zero-order valence-electron chi connectivity index (χ0n) is 18.0. The van der Waals surface area contributed by atoms with Gasteiger partial charge in [0.2, 0.25) is 0 Å². The number of methoxy groups -OCH3 is 2. The number of rotatable bonds is 5. The zero-order valence-corrected chi connectivity index (χ0v) is 18.0. The molecule has 6 nitrogen and oxygen atoms in total. The molecule has 2 heterocycles. The van der Waals surface area contributed by atoms with Crippen molar-refractivity contribution in [3.05, 3.63) is 53.1 Å². The molecule has 6 heteroatoms. The van der Waals surface area contributed by atoms with E-state index in [9.17, 15) is 4.79 Å². The number of carbonyl (C=O) groups excluding carboxylic acids is 1. The Morgan fingerprint density at radius 1 is 1.17 bits per heavy atom. The number of benzene rings is 2. The highest BCUT2D eigenvalue weighted by Gasteiger charge is 2.33. The fourth-order valence-corrected chi connectivity index (χ4v) is 3.97. The van der Waals surface area contributed by atoms with Crippen LogP contribution in [-0.4, -0.2) is 32.3 Å². The Labute approximate surface area is 176 Å². The van der Waals surface area contributed by atoms with Crippen LogP contribution in [0.1, 0.15) is 43.5 Å². The van der Waals surface area contributed by atoms with E-state index < -0.39 is 0 Å². The average Bonchev–Trinajstić information content (AvgIpc) is 3.05. The maximum Gasteiger partial charge on any atom is 0.252 e. The third-order valence-corrected chi connectivity index (χ3v) is 5.47. The smallest absolute Gasteiger partial charge is 0.252 e. The van der Waals surface area contributed by atoms with Crippen LogP contribution in [-0.2, 0) is 11.2 Å². The lowest BCUT2D eigenvalue weighted by Gasteiger charge is -2.22. The lowest BCUT2D eigenvalue weighted by molar-refractivity contribution is -0.116. The normalized spacial score (nSPS) is 16.9. The molecule has 158 valence electrons. The van der Waals surface area contributed by atoms with E-state index in [-0.39, 0.29) is 17.6 Å². The van der Waals surface area contributed by atoms with Crippen molar-refractivity contribution in [3.63, 3.8) is 0 Å². The molecule has 0 saturated carbocycles. The van der Waals surface area contributed by atoms with Gasteiger partial charge in [0.15, 0.2) is 11.5 Å². The zero-order chi connectivity index (χ0) is 21.5. The van der Waals surface area contributed by atoms with Crippen LogP contribution in [0, 0.1) is 0 Å². The number of carbonyl (C=O) groups is 1. The molecule has 2 aliphatic rings. The molecule has 1 unspecified atom stereocenters. The van der Waals surface area contributed by atoms with Crippen molar-refractivity contribution in [2.24, 2.45) is 0 Å². The van der Waals surface area contributed by atoms with Crippen LogP contribution >= 0.6 is 0 Å². The van der Waals surface area contributed by atoms with Crippen molar-refractivity contribution < 1.29 is 23.7 Å². The number of amides is 1. The predicted molar refractivity (Wildman–Crippen MR) is 114 cm³/mol. The third-order valence-electron chi connectivity index (χ3n) is 5.47. The van der Waals surface area contributed by atoms with Crippen LogP contribution in [0.2, 0.25) is 0 Å². The van der Waals surface area contributed by atoms with Gasteiger partial charge in [-0.1, -0.05) is 0 Å². The van der Waals surface area contributed by atoms with Gasteiger partial charge in [0, 0.05) is 29.2 Å². The number of hydrogen-bond acceptors (Lipinski definition) is 5. The van der Waals surface area contributed by atoms with E-state index in [1.54, 1.807) is 26.4 Å². The Bertz CT molecular complexity index is 1020. The van der Waals surface area contributed by atoms with Crippen LogP contribution in [0.15, 0.2) is 36.4 Å². The highest BCUT2D eigenvalue weighted by atomic mass is 16.5. The van der Waals surface area contributed by atoms with E-state index in [2.05, 4.69) is 25.2 Å². The second-order valence-corrected chi connectivity index (χ2v) is 8.24. The first-order chi connectivity index (χ1) is 14.3. The summed E-state index contributed by atoms with van der Waals surface area (Å²) in [6.45, 7) is 6.42. The molecule has 0 radical (unpaired) electrons. The molecule has 0 bridgehead atoms. The first-order valence-electron chi connectivity index (χ1n) is 10.0. The summed E-state index contributed by atoms with van der Waals surface area (Å²) in [5, 5.41) is 3.11. The second kappa shape index (κ2) is 7.59. The average molecular weight is 409 g/mol. The molecule has 2 aromatic carbocycles. The van der Waals surface area contributed by atoms with Crippen LogP contribution in [0.3, 0.4) is 0 Å². The van der Waals surface area contributed by atoms with Gasteiger partial charge in [-0.2, -0.15) is 0 Å². The molecule has 30 heavy (non-hydrogen) atoms. The Kier molecular flexibility index (Phi) is 5.10. The van der Waals surface area contributed by atoms with E-state index in [1.807, 2.05) is 25.1 Å². The molecule has 2 aromatic rings. The van der Waals surface area contributed by atoms with E-state index in [1.165, 1.54) is 0 Å². The van der Waals surface area contributed by atoms with Gasteiger partial charge in [-0.15, -0.1) is 0 Å². The maximum atomic E-state index is 13.1. The van der Waals surface area contributed by atoms with E-state index in [0.29, 0.717) is 29.4 Å². The highest BCUT2D eigenvalue weighted by molar-refractivity contribution is 6.20. The quantitative estimate of drug-likeness (QED) is 0.806. The molecule has 0 spiro atoms. The summed E-state index contributed by atoms with van der Waals surface area (Å²) in [6.07, 6.45) is 2.60. The van der Waals surface area contributed by atoms with E-state index in [0.717, 1.165) is 28.9 Å². The van der Waals surface area contributed by atoms with Crippen LogP contribution in [0.4, 0.5) is 0 Å². The number of fused-ring (bicyclic) bond motifs is 2. The van der Waals surface area contributed by atoms with Gasteiger partial charge < -0.3 is 24.3 Å². The molecule has 4 rings (SSSR count). The van der Waals surface area contributed by atoms with Crippen molar-refractivity contribution in [2.45, 2.75) is 38.8 Å². The van der Waals surface area contributed by atoms with Gasteiger partial charge in [0.25, 0.3) is 5.91 Å². The maximum absolute atomic E-state index is 13.1. The van der Waals surface area contributed by atoms with Gasteiger partial charge in [-0.05, 0) is 56.7 Å². The topological polar surface area (TPSA) is 66.0 Å². The molecular weight excluding hydrogens is 382 g/mol. The van der Waals surface area contributed by atoms with Crippen molar-refractivity contribution in [1.29, 1.82) is 0 Å². The third kappa shape index (κ3) is 3.70. The summed E-state index contributed by atoms with van der Waals surface area (Å²) >= 11 is 0. The molecule has 0 fully saturated rings. The fourth-order valence-electron chi connectivity index (χ4n) is 3.97. The van der Waals surface area contributed by atoms with Crippen LogP contribution in [0.25, 0.3) is 5.57 Å². The van der Waals surface area contributed by atoms with Crippen molar-refractivity contribution >= 4 is 11.5 Å². The first-order valence-corrected chi connectivity index (χ1v) is 10.0. The SMILES string of the molecule is COc1ccc2c(c1)OCC=C2C(=O)NC(C)c1cc2c(c(OC)c1)OC(C)(C)C2. The lowest BCUT2D eigenvalue weighted by Crippen LogP contribution is -2.28. The summed E-state index contributed by atoms with van der Waals surface area (Å²) in [5.74, 6) is 2.68. The molecule has 0 aliphatic carbocycles. The van der Waals surface area contributed by atoms with E-state index in [4.69, 9.17) is 18.9 Å². The molecule has 1 N–H and O–H groups in total. The van der Waals surface area contributed by atoms with Gasteiger partial charge in [0.1, 0.15) is 23.7 Å². The monoisotopic (exact) mass is 409 g/mol. The van der Waals surface area contributed by atoms with Gasteiger partial charge in [0.05, 0.1) is 20.3 Å². The molecule has 2 aliphatic heterocycles. The van der Waals surface area contributed by atoms with Crippen LogP contribution in [0.5, 0.6) is 23.0 Å². The van der Waals surface area contributed by atoms with Gasteiger partial charge in [-0.25, -0.2) is 0 Å². The minimum absolute atomic E-state index is 0.145. The predicted octanol–water partition coefficient (Wildman–Crippen LogP) is 4.07. The van der Waals surface area contributed by atoms with Crippen molar-refractivity contribution in [2.75, 3.05) is 20.8 Å². The van der Waals surface area contributed by atoms with Crippen molar-refractivity contribution in [1.82, 2.24) is 5.32 Å². The number of ether oxygens (including phenoxy) is 4. The van der Waals surface area contributed by atoms with Gasteiger partial charge >= 0.3 is 0 Å². The molecular formula is C24H27NO5. The molecule has 1 amide bonds. The minimum Gasteiger partial charge on any atom is -0.497 e.